The zero-order valence-electron chi connectivity index (χ0n) is 16.2. The Kier molecular flexibility index (Phi) is 8.40. The highest BCUT2D eigenvalue weighted by molar-refractivity contribution is 7.99. The third kappa shape index (κ3) is 7.78. The molecule has 8 heteroatoms. The Morgan fingerprint density at radius 1 is 1.41 bits per heavy atom. The number of rotatable bonds is 8. The van der Waals surface area contributed by atoms with Crippen molar-refractivity contribution in [3.63, 3.8) is 0 Å². The minimum atomic E-state index is -0.872. The fourth-order valence-corrected chi connectivity index (χ4v) is 3.71. The van der Waals surface area contributed by atoms with E-state index in [1.807, 2.05) is 6.92 Å². The number of carbonyl (C=O) groups excluding carboxylic acids is 1. The summed E-state index contributed by atoms with van der Waals surface area (Å²) in [5.74, 6) is -0.0768. The summed E-state index contributed by atoms with van der Waals surface area (Å²) >= 11 is 1.72. The average Bonchev–Trinajstić information content (AvgIpc) is 2.60. The molecule has 2 N–H and O–H groups in total. The lowest BCUT2D eigenvalue weighted by Gasteiger charge is -2.35. The standard InChI is InChI=1S/C19H29N3O4S/c1-14-4-6-17(7-5-14)27-13-15(2)20-19(25)22-8-9-26-16(11-22)10-21(3)12-18(23)24/h4-7,15-16H,8-13H2,1-3H3,(H,20,25)(H,23,24). The average molecular weight is 396 g/mol. The zero-order chi connectivity index (χ0) is 19.8. The first-order valence-corrected chi connectivity index (χ1v) is 10.1. The number of nitrogens with zero attached hydrogens (tertiary/aromatic N) is 2. The van der Waals surface area contributed by atoms with Gasteiger partial charge in [-0.2, -0.15) is 0 Å². The second-order valence-electron chi connectivity index (χ2n) is 7.00. The van der Waals surface area contributed by atoms with Gasteiger partial charge in [-0.1, -0.05) is 17.7 Å². The topological polar surface area (TPSA) is 82.1 Å². The lowest BCUT2D eigenvalue weighted by Crippen LogP contribution is -2.53. The number of thioether (sulfide) groups is 1. The predicted molar refractivity (Wildman–Crippen MR) is 106 cm³/mol. The first-order valence-electron chi connectivity index (χ1n) is 9.10. The van der Waals surface area contributed by atoms with Crippen LogP contribution in [0.25, 0.3) is 0 Å². The monoisotopic (exact) mass is 395 g/mol. The molecular weight excluding hydrogens is 366 g/mol. The van der Waals surface area contributed by atoms with Crippen LogP contribution < -0.4 is 5.32 Å². The molecule has 2 amide bonds. The first-order chi connectivity index (χ1) is 12.8. The number of urea groups is 1. The van der Waals surface area contributed by atoms with Crippen molar-refractivity contribution in [1.82, 2.24) is 15.1 Å². The van der Waals surface area contributed by atoms with Gasteiger partial charge in [0.05, 0.1) is 19.3 Å². The summed E-state index contributed by atoms with van der Waals surface area (Å²) in [6.07, 6.45) is -0.175. The minimum Gasteiger partial charge on any atom is -0.480 e. The number of aryl methyl sites for hydroxylation is 1. The van der Waals surface area contributed by atoms with E-state index in [9.17, 15) is 9.59 Å². The van der Waals surface area contributed by atoms with Crippen LogP contribution in [0.3, 0.4) is 0 Å². The van der Waals surface area contributed by atoms with Crippen LogP contribution in [0.5, 0.6) is 0 Å². The first kappa shape index (κ1) is 21.5. The lowest BCUT2D eigenvalue weighted by molar-refractivity contribution is -0.138. The fourth-order valence-electron chi connectivity index (χ4n) is 2.86. The van der Waals surface area contributed by atoms with Crippen molar-refractivity contribution in [2.45, 2.75) is 30.9 Å². The molecule has 1 fully saturated rings. The van der Waals surface area contributed by atoms with Crippen molar-refractivity contribution in [2.75, 3.05) is 45.6 Å². The molecule has 0 aromatic heterocycles. The summed E-state index contributed by atoms with van der Waals surface area (Å²) in [6, 6.07) is 8.30. The molecule has 1 saturated heterocycles. The molecule has 2 atom stereocenters. The summed E-state index contributed by atoms with van der Waals surface area (Å²) in [5.41, 5.74) is 1.23. The molecule has 150 valence electrons. The van der Waals surface area contributed by atoms with Crippen molar-refractivity contribution >= 4 is 23.8 Å². The van der Waals surface area contributed by atoms with Gasteiger partial charge in [0, 0.05) is 36.3 Å². The highest BCUT2D eigenvalue weighted by atomic mass is 32.2. The van der Waals surface area contributed by atoms with Crippen molar-refractivity contribution < 1.29 is 19.4 Å². The Hall–Kier alpha value is -1.77. The van der Waals surface area contributed by atoms with Crippen LogP contribution in [0, 0.1) is 6.92 Å². The van der Waals surface area contributed by atoms with Gasteiger partial charge >= 0.3 is 12.0 Å². The number of hydrogen-bond donors (Lipinski definition) is 2. The highest BCUT2D eigenvalue weighted by Crippen LogP contribution is 2.19. The van der Waals surface area contributed by atoms with E-state index in [2.05, 4.69) is 36.5 Å². The Morgan fingerprint density at radius 2 is 2.11 bits per heavy atom. The number of hydrogen-bond acceptors (Lipinski definition) is 5. The third-order valence-electron chi connectivity index (χ3n) is 4.24. The van der Waals surface area contributed by atoms with E-state index >= 15 is 0 Å². The van der Waals surface area contributed by atoms with Crippen LogP contribution in [0.1, 0.15) is 12.5 Å². The molecule has 2 rings (SSSR count). The molecule has 7 nitrogen and oxygen atoms in total. The largest absolute Gasteiger partial charge is 0.480 e. The van der Waals surface area contributed by atoms with Crippen LogP contribution in [0.15, 0.2) is 29.2 Å². The Balaban J connectivity index is 1.75. The molecule has 1 aromatic rings. The van der Waals surface area contributed by atoms with Gasteiger partial charge in [0.15, 0.2) is 0 Å². The van der Waals surface area contributed by atoms with E-state index in [1.54, 1.807) is 28.6 Å². The molecule has 0 bridgehead atoms. The smallest absolute Gasteiger partial charge is 0.317 e. The van der Waals surface area contributed by atoms with Gasteiger partial charge in [-0.3, -0.25) is 9.69 Å². The van der Waals surface area contributed by atoms with E-state index in [1.165, 1.54) is 10.5 Å². The summed E-state index contributed by atoms with van der Waals surface area (Å²) in [7, 11) is 1.74. The minimum absolute atomic E-state index is 0.0415. The highest BCUT2D eigenvalue weighted by Gasteiger charge is 2.26. The number of amides is 2. The summed E-state index contributed by atoms with van der Waals surface area (Å²) in [6.45, 7) is 5.97. The number of ether oxygens (including phenoxy) is 1. The number of carboxylic acids is 1. The number of nitrogens with one attached hydrogen (secondary N) is 1. The van der Waals surface area contributed by atoms with Gasteiger partial charge in [0.25, 0.3) is 0 Å². The molecule has 0 radical (unpaired) electrons. The molecule has 1 aliphatic heterocycles. The van der Waals surface area contributed by atoms with Gasteiger partial charge in [-0.25, -0.2) is 4.79 Å². The molecule has 1 aromatic carbocycles. The quantitative estimate of drug-likeness (QED) is 0.655. The number of benzene rings is 1. The van der Waals surface area contributed by atoms with E-state index in [-0.39, 0.29) is 24.7 Å². The lowest BCUT2D eigenvalue weighted by atomic mass is 10.2. The van der Waals surface area contributed by atoms with Crippen LogP contribution in [0.4, 0.5) is 4.79 Å². The number of carboxylic acid groups (broad SMARTS) is 1. The Bertz CT molecular complexity index is 626. The van der Waals surface area contributed by atoms with Crippen LogP contribution >= 0.6 is 11.8 Å². The third-order valence-corrected chi connectivity index (χ3v) is 5.51. The van der Waals surface area contributed by atoms with Gasteiger partial charge in [-0.15, -0.1) is 11.8 Å². The van der Waals surface area contributed by atoms with Gasteiger partial charge in [0.1, 0.15) is 0 Å². The fraction of sp³-hybridized carbons (Fsp3) is 0.579. The van der Waals surface area contributed by atoms with Gasteiger partial charge in [-0.05, 0) is 33.0 Å². The SMILES string of the molecule is Cc1ccc(SCC(C)NC(=O)N2CCOC(CN(C)CC(=O)O)C2)cc1. The normalized spacial score (nSPS) is 18.4. The molecule has 27 heavy (non-hydrogen) atoms. The molecule has 0 spiro atoms. The predicted octanol–water partition coefficient (Wildman–Crippen LogP) is 1.90. The van der Waals surface area contributed by atoms with Crippen LogP contribution in [0.2, 0.25) is 0 Å². The van der Waals surface area contributed by atoms with Crippen LogP contribution in [-0.2, 0) is 9.53 Å². The number of likely N-dealkylation sites (N-methyl/N-ethyl adjacent to an activating group) is 1. The number of aliphatic carboxylic acids is 1. The molecule has 1 heterocycles. The molecular formula is C19H29N3O4S. The number of morpholine rings is 1. The molecule has 2 unspecified atom stereocenters. The van der Waals surface area contributed by atoms with E-state index in [0.717, 1.165) is 5.75 Å². The van der Waals surface area contributed by atoms with Crippen LogP contribution in [-0.4, -0.2) is 84.6 Å². The van der Waals surface area contributed by atoms with E-state index in [4.69, 9.17) is 9.84 Å². The maximum Gasteiger partial charge on any atom is 0.317 e. The maximum atomic E-state index is 12.5. The summed E-state index contributed by atoms with van der Waals surface area (Å²) < 4.78 is 5.67. The summed E-state index contributed by atoms with van der Waals surface area (Å²) in [4.78, 5) is 27.9. The summed E-state index contributed by atoms with van der Waals surface area (Å²) in [5, 5.41) is 11.9. The van der Waals surface area contributed by atoms with Crippen molar-refractivity contribution in [1.29, 1.82) is 0 Å². The molecule has 0 saturated carbocycles. The maximum absolute atomic E-state index is 12.5. The molecule has 0 aliphatic carbocycles. The second kappa shape index (κ2) is 10.5. The van der Waals surface area contributed by atoms with Gasteiger partial charge in [0.2, 0.25) is 0 Å². The van der Waals surface area contributed by atoms with E-state index in [0.29, 0.717) is 26.2 Å². The van der Waals surface area contributed by atoms with Crippen molar-refractivity contribution in [3.8, 4) is 0 Å². The Labute approximate surface area is 165 Å². The van der Waals surface area contributed by atoms with Crippen molar-refractivity contribution in [3.05, 3.63) is 29.8 Å². The molecule has 1 aliphatic rings. The van der Waals surface area contributed by atoms with Crippen molar-refractivity contribution in [2.24, 2.45) is 0 Å². The second-order valence-corrected chi connectivity index (χ2v) is 8.10. The Morgan fingerprint density at radius 3 is 2.78 bits per heavy atom. The van der Waals surface area contributed by atoms with Gasteiger partial charge < -0.3 is 20.1 Å². The van der Waals surface area contributed by atoms with E-state index < -0.39 is 5.97 Å². The number of carbonyl (C=O) groups is 2. The zero-order valence-corrected chi connectivity index (χ0v) is 17.0.